The lowest BCUT2D eigenvalue weighted by Gasteiger charge is -2.32. The third-order valence-electron chi connectivity index (χ3n) is 4.82. The molecule has 0 aromatic heterocycles. The molecule has 2 nitrogen and oxygen atoms in total. The molecule has 1 fully saturated rings. The summed E-state index contributed by atoms with van der Waals surface area (Å²) in [6.07, 6.45) is 0. The van der Waals surface area contributed by atoms with Gasteiger partial charge in [0.25, 0.3) is 0 Å². The van der Waals surface area contributed by atoms with Gasteiger partial charge in [0.1, 0.15) is 0 Å². The Hall–Kier alpha value is -0.860. The van der Waals surface area contributed by atoms with E-state index in [1.165, 1.54) is 24.2 Å². The maximum atomic E-state index is 3.50. The van der Waals surface area contributed by atoms with Gasteiger partial charge in [0, 0.05) is 25.2 Å². The van der Waals surface area contributed by atoms with Gasteiger partial charge in [-0.15, -0.1) is 0 Å². The lowest BCUT2D eigenvalue weighted by Crippen LogP contribution is -2.41. The third kappa shape index (κ3) is 3.18. The van der Waals surface area contributed by atoms with Gasteiger partial charge in [0.15, 0.2) is 0 Å². The molecule has 0 saturated carbocycles. The molecule has 4 unspecified atom stereocenters. The van der Waals surface area contributed by atoms with E-state index in [0.717, 1.165) is 11.8 Å². The Morgan fingerprint density at radius 3 is 2.11 bits per heavy atom. The normalized spacial score (nSPS) is 27.4. The number of likely N-dealkylation sites (N-methyl/N-ethyl adjacent to an activating group) is 1. The molecule has 1 aliphatic rings. The topological polar surface area (TPSA) is 15.3 Å². The molecule has 2 heteroatoms. The van der Waals surface area contributed by atoms with Crippen LogP contribution in [0.3, 0.4) is 0 Å². The highest BCUT2D eigenvalue weighted by Gasteiger charge is 2.32. The van der Waals surface area contributed by atoms with Gasteiger partial charge >= 0.3 is 0 Å². The van der Waals surface area contributed by atoms with Crippen LogP contribution >= 0.6 is 0 Å². The lowest BCUT2D eigenvalue weighted by molar-refractivity contribution is 0.203. The van der Waals surface area contributed by atoms with Gasteiger partial charge in [-0.05, 0) is 38.3 Å². The highest BCUT2D eigenvalue weighted by Crippen LogP contribution is 2.29. The van der Waals surface area contributed by atoms with Crippen molar-refractivity contribution in [2.24, 2.45) is 11.8 Å². The fraction of sp³-hybridized carbons (Fsp3) is 0.647. The van der Waals surface area contributed by atoms with Crippen molar-refractivity contribution in [3.05, 3.63) is 35.4 Å². The molecule has 1 saturated heterocycles. The molecule has 19 heavy (non-hydrogen) atoms. The van der Waals surface area contributed by atoms with Gasteiger partial charge in [-0.25, -0.2) is 0 Å². The van der Waals surface area contributed by atoms with E-state index in [4.69, 9.17) is 0 Å². The van der Waals surface area contributed by atoms with Crippen LogP contribution in [0.1, 0.15) is 37.9 Å². The summed E-state index contributed by atoms with van der Waals surface area (Å²) < 4.78 is 0. The Morgan fingerprint density at radius 2 is 1.63 bits per heavy atom. The van der Waals surface area contributed by atoms with Crippen LogP contribution in [0.4, 0.5) is 0 Å². The number of nitrogens with one attached hydrogen (secondary N) is 1. The number of rotatable bonds is 4. The molecule has 0 radical (unpaired) electrons. The molecule has 106 valence electrons. The SMILES string of the molecule is CNC(c1ccc(C)cc1)C(C)N1CC(C)C(C)C1. The quantitative estimate of drug-likeness (QED) is 0.894. The summed E-state index contributed by atoms with van der Waals surface area (Å²) in [5, 5.41) is 3.50. The summed E-state index contributed by atoms with van der Waals surface area (Å²) in [4.78, 5) is 2.64. The smallest absolute Gasteiger partial charge is 0.0473 e. The Kier molecular flexibility index (Phi) is 4.64. The van der Waals surface area contributed by atoms with Gasteiger partial charge in [0.2, 0.25) is 0 Å². The van der Waals surface area contributed by atoms with E-state index in [2.05, 4.69) is 69.2 Å². The second-order valence-electron chi connectivity index (χ2n) is 6.33. The maximum Gasteiger partial charge on any atom is 0.0473 e. The first-order chi connectivity index (χ1) is 9.02. The Morgan fingerprint density at radius 1 is 1.11 bits per heavy atom. The summed E-state index contributed by atoms with van der Waals surface area (Å²) in [5.74, 6) is 1.64. The minimum absolute atomic E-state index is 0.415. The highest BCUT2D eigenvalue weighted by molar-refractivity contribution is 5.25. The third-order valence-corrected chi connectivity index (χ3v) is 4.82. The van der Waals surface area contributed by atoms with E-state index in [-0.39, 0.29) is 0 Å². The average molecular weight is 260 g/mol. The molecule has 1 aromatic carbocycles. The van der Waals surface area contributed by atoms with Crippen molar-refractivity contribution in [1.29, 1.82) is 0 Å². The second-order valence-corrected chi connectivity index (χ2v) is 6.33. The van der Waals surface area contributed by atoms with E-state index >= 15 is 0 Å². The van der Waals surface area contributed by atoms with Crippen LogP contribution in [0.5, 0.6) is 0 Å². The zero-order valence-corrected chi connectivity index (χ0v) is 13.0. The van der Waals surface area contributed by atoms with Crippen molar-refractivity contribution in [3.63, 3.8) is 0 Å². The predicted molar refractivity (Wildman–Crippen MR) is 82.3 cm³/mol. The molecule has 0 bridgehead atoms. The second kappa shape index (κ2) is 6.06. The molecular formula is C17H28N2. The van der Waals surface area contributed by atoms with Crippen LogP contribution in [-0.4, -0.2) is 31.1 Å². The summed E-state index contributed by atoms with van der Waals surface area (Å²) >= 11 is 0. The van der Waals surface area contributed by atoms with Gasteiger partial charge in [-0.3, -0.25) is 4.90 Å². The molecular weight excluding hydrogens is 232 g/mol. The van der Waals surface area contributed by atoms with Crippen molar-refractivity contribution < 1.29 is 0 Å². The molecule has 0 amide bonds. The summed E-state index contributed by atoms with van der Waals surface area (Å²) in [6, 6.07) is 9.90. The minimum atomic E-state index is 0.415. The van der Waals surface area contributed by atoms with E-state index in [9.17, 15) is 0 Å². The van der Waals surface area contributed by atoms with Crippen molar-refractivity contribution in [2.45, 2.75) is 39.8 Å². The molecule has 0 spiro atoms. The number of likely N-dealkylation sites (tertiary alicyclic amines) is 1. The first-order valence-electron chi connectivity index (χ1n) is 7.50. The molecule has 4 atom stereocenters. The fourth-order valence-corrected chi connectivity index (χ4v) is 3.18. The first kappa shape index (κ1) is 14.5. The lowest BCUT2D eigenvalue weighted by atomic mass is 9.98. The highest BCUT2D eigenvalue weighted by atomic mass is 15.2. The van der Waals surface area contributed by atoms with Crippen molar-refractivity contribution in [3.8, 4) is 0 Å². The van der Waals surface area contributed by atoms with Gasteiger partial charge in [-0.1, -0.05) is 43.7 Å². The zero-order valence-electron chi connectivity index (χ0n) is 13.0. The predicted octanol–water partition coefficient (Wildman–Crippen LogP) is 3.23. The number of aryl methyl sites for hydroxylation is 1. The number of benzene rings is 1. The zero-order chi connectivity index (χ0) is 14.0. The van der Waals surface area contributed by atoms with E-state index in [0.29, 0.717) is 12.1 Å². The van der Waals surface area contributed by atoms with Crippen molar-refractivity contribution in [1.82, 2.24) is 10.2 Å². The molecule has 0 aliphatic carbocycles. The number of nitrogens with zero attached hydrogens (tertiary/aromatic N) is 1. The Labute approximate surface area is 118 Å². The monoisotopic (exact) mass is 260 g/mol. The average Bonchev–Trinajstić information content (AvgIpc) is 2.73. The van der Waals surface area contributed by atoms with E-state index in [1.807, 2.05) is 0 Å². The van der Waals surface area contributed by atoms with Crippen molar-refractivity contribution in [2.75, 3.05) is 20.1 Å². The maximum absolute atomic E-state index is 3.50. The first-order valence-corrected chi connectivity index (χ1v) is 7.50. The standard InChI is InChI=1S/C17H28N2/c1-12-6-8-16(9-7-12)17(18-5)15(4)19-10-13(2)14(3)11-19/h6-9,13-15,17-18H,10-11H2,1-5H3. The molecule has 1 heterocycles. The largest absolute Gasteiger partial charge is 0.312 e. The van der Waals surface area contributed by atoms with Gasteiger partial charge in [0.05, 0.1) is 0 Å². The van der Waals surface area contributed by atoms with Gasteiger partial charge < -0.3 is 5.32 Å². The molecule has 2 rings (SSSR count). The fourth-order valence-electron chi connectivity index (χ4n) is 3.18. The van der Waals surface area contributed by atoms with Crippen LogP contribution in [0.15, 0.2) is 24.3 Å². The van der Waals surface area contributed by atoms with Crippen LogP contribution in [0.2, 0.25) is 0 Å². The van der Waals surface area contributed by atoms with Crippen molar-refractivity contribution >= 4 is 0 Å². The van der Waals surface area contributed by atoms with Crippen LogP contribution in [-0.2, 0) is 0 Å². The van der Waals surface area contributed by atoms with E-state index < -0.39 is 0 Å². The summed E-state index contributed by atoms with van der Waals surface area (Å²) in [6.45, 7) is 11.7. The van der Waals surface area contributed by atoms with E-state index in [1.54, 1.807) is 0 Å². The number of hydrogen-bond donors (Lipinski definition) is 1. The minimum Gasteiger partial charge on any atom is -0.312 e. The van der Waals surface area contributed by atoms with Crippen LogP contribution in [0.25, 0.3) is 0 Å². The summed E-state index contributed by atoms with van der Waals surface area (Å²) in [5.41, 5.74) is 2.72. The summed E-state index contributed by atoms with van der Waals surface area (Å²) in [7, 11) is 2.07. The number of hydrogen-bond acceptors (Lipinski definition) is 2. The molecule has 1 aromatic rings. The van der Waals surface area contributed by atoms with Crippen LogP contribution < -0.4 is 5.32 Å². The molecule has 1 aliphatic heterocycles. The molecule has 1 N–H and O–H groups in total. The Bertz CT molecular complexity index is 388. The van der Waals surface area contributed by atoms with Gasteiger partial charge in [-0.2, -0.15) is 0 Å². The van der Waals surface area contributed by atoms with Crippen LogP contribution in [0, 0.1) is 18.8 Å². The Balaban J connectivity index is 2.11.